The summed E-state index contributed by atoms with van der Waals surface area (Å²) in [6.07, 6.45) is 0. The van der Waals surface area contributed by atoms with E-state index in [1.807, 2.05) is 25.5 Å². The second kappa shape index (κ2) is 7.99. The number of thiophene rings is 1. The van der Waals surface area contributed by atoms with Crippen molar-refractivity contribution < 1.29 is 14.3 Å². The Kier molecular flexibility index (Phi) is 6.01. The zero-order chi connectivity index (χ0) is 16.8. The van der Waals surface area contributed by atoms with Gasteiger partial charge in [-0.25, -0.2) is 0 Å². The molecule has 1 aromatic heterocycles. The summed E-state index contributed by atoms with van der Waals surface area (Å²) in [5.41, 5.74) is 0.518. The summed E-state index contributed by atoms with van der Waals surface area (Å²) < 4.78 is 10.4. The highest BCUT2D eigenvalue weighted by Gasteiger charge is 2.17. The summed E-state index contributed by atoms with van der Waals surface area (Å²) in [7, 11) is 7.14. The minimum atomic E-state index is -0.148. The van der Waals surface area contributed by atoms with Crippen molar-refractivity contribution in [1.82, 2.24) is 10.2 Å². The lowest BCUT2D eigenvalue weighted by Crippen LogP contribution is -2.34. The van der Waals surface area contributed by atoms with Crippen LogP contribution in [0.2, 0.25) is 0 Å². The molecule has 124 valence electrons. The molecule has 0 bridgehead atoms. The lowest BCUT2D eigenvalue weighted by Gasteiger charge is -2.23. The third-order valence-electron chi connectivity index (χ3n) is 3.56. The molecule has 0 aliphatic carbocycles. The van der Waals surface area contributed by atoms with Gasteiger partial charge in [0.25, 0.3) is 5.91 Å². The van der Waals surface area contributed by atoms with Gasteiger partial charge in [-0.3, -0.25) is 4.79 Å². The number of amides is 1. The standard InChI is InChI=1S/C17H22N2O3S/c1-19(2)15(16-6-5-7-23-16)11-18-17(20)12-8-13(21-3)10-14(9-12)22-4/h5-10,15H,11H2,1-4H3,(H,18,20). The molecular weight excluding hydrogens is 312 g/mol. The molecule has 0 spiro atoms. The molecule has 0 saturated heterocycles. The summed E-state index contributed by atoms with van der Waals surface area (Å²) in [6, 6.07) is 9.39. The first kappa shape index (κ1) is 17.3. The van der Waals surface area contributed by atoms with Crippen LogP contribution in [0.15, 0.2) is 35.7 Å². The molecule has 1 heterocycles. The van der Waals surface area contributed by atoms with Gasteiger partial charge in [-0.05, 0) is 37.7 Å². The minimum Gasteiger partial charge on any atom is -0.497 e. The molecule has 23 heavy (non-hydrogen) atoms. The van der Waals surface area contributed by atoms with Gasteiger partial charge in [0, 0.05) is 23.1 Å². The van der Waals surface area contributed by atoms with Crippen molar-refractivity contribution in [3.05, 3.63) is 46.2 Å². The van der Waals surface area contributed by atoms with E-state index in [1.54, 1.807) is 43.8 Å². The maximum Gasteiger partial charge on any atom is 0.251 e. The number of methoxy groups -OCH3 is 2. The molecule has 1 N–H and O–H groups in total. The fraction of sp³-hybridized carbons (Fsp3) is 0.353. The lowest BCUT2D eigenvalue weighted by molar-refractivity contribution is 0.0941. The molecule has 0 aliphatic rings. The van der Waals surface area contributed by atoms with Gasteiger partial charge in [-0.1, -0.05) is 6.07 Å². The molecule has 2 aromatic rings. The van der Waals surface area contributed by atoms with Crippen molar-refractivity contribution in [3.63, 3.8) is 0 Å². The third-order valence-corrected chi connectivity index (χ3v) is 4.54. The molecule has 0 radical (unpaired) electrons. The van der Waals surface area contributed by atoms with Crippen molar-refractivity contribution >= 4 is 17.2 Å². The number of nitrogens with zero attached hydrogens (tertiary/aromatic N) is 1. The van der Waals surface area contributed by atoms with E-state index >= 15 is 0 Å². The van der Waals surface area contributed by atoms with E-state index in [0.717, 1.165) is 0 Å². The van der Waals surface area contributed by atoms with Gasteiger partial charge in [-0.2, -0.15) is 0 Å². The number of ether oxygens (including phenoxy) is 2. The Labute approximate surface area is 140 Å². The molecule has 1 aromatic carbocycles. The molecular formula is C17H22N2O3S. The van der Waals surface area contributed by atoms with Crippen LogP contribution in [0.4, 0.5) is 0 Å². The summed E-state index contributed by atoms with van der Waals surface area (Å²) in [4.78, 5) is 15.8. The lowest BCUT2D eigenvalue weighted by atomic mass is 10.1. The fourth-order valence-electron chi connectivity index (χ4n) is 2.25. The molecule has 0 saturated carbocycles. The Balaban J connectivity index is 2.09. The van der Waals surface area contributed by atoms with Crippen LogP contribution in [0, 0.1) is 0 Å². The number of carbonyl (C=O) groups is 1. The average molecular weight is 334 g/mol. The first-order valence-corrected chi connectivity index (χ1v) is 8.14. The van der Waals surface area contributed by atoms with Crippen molar-refractivity contribution in [2.24, 2.45) is 0 Å². The Bertz CT molecular complexity index is 619. The van der Waals surface area contributed by atoms with Crippen LogP contribution in [-0.4, -0.2) is 45.7 Å². The quantitative estimate of drug-likeness (QED) is 0.846. The highest BCUT2D eigenvalue weighted by Crippen LogP contribution is 2.24. The van der Waals surface area contributed by atoms with Gasteiger partial charge in [0.2, 0.25) is 0 Å². The summed E-state index contributed by atoms with van der Waals surface area (Å²) in [5, 5.41) is 5.03. The maximum absolute atomic E-state index is 12.4. The zero-order valence-electron chi connectivity index (χ0n) is 13.8. The molecule has 1 unspecified atom stereocenters. The van der Waals surface area contributed by atoms with E-state index in [9.17, 15) is 4.79 Å². The van der Waals surface area contributed by atoms with Crippen LogP contribution in [-0.2, 0) is 0 Å². The number of rotatable bonds is 7. The van der Waals surface area contributed by atoms with Crippen LogP contribution in [0.3, 0.4) is 0 Å². The second-order valence-electron chi connectivity index (χ2n) is 5.31. The normalized spacial score (nSPS) is 12.0. The number of likely N-dealkylation sites (N-methyl/N-ethyl adjacent to an activating group) is 1. The van der Waals surface area contributed by atoms with Gasteiger partial charge < -0.3 is 19.7 Å². The maximum atomic E-state index is 12.4. The van der Waals surface area contributed by atoms with Gasteiger partial charge in [0.1, 0.15) is 11.5 Å². The minimum absolute atomic E-state index is 0.145. The van der Waals surface area contributed by atoms with Crippen molar-refractivity contribution in [2.75, 3.05) is 34.9 Å². The molecule has 6 heteroatoms. The smallest absolute Gasteiger partial charge is 0.251 e. The Hall–Kier alpha value is -2.05. The SMILES string of the molecule is COc1cc(OC)cc(C(=O)NCC(c2cccs2)N(C)C)c1. The summed E-state index contributed by atoms with van der Waals surface area (Å²) >= 11 is 1.69. The van der Waals surface area contributed by atoms with Crippen molar-refractivity contribution in [3.8, 4) is 11.5 Å². The zero-order valence-corrected chi connectivity index (χ0v) is 14.6. The molecule has 2 rings (SSSR count). The van der Waals surface area contributed by atoms with Gasteiger partial charge in [0.05, 0.1) is 20.3 Å². The monoisotopic (exact) mass is 334 g/mol. The largest absolute Gasteiger partial charge is 0.497 e. The first-order chi connectivity index (χ1) is 11.0. The predicted octanol–water partition coefficient (Wildman–Crippen LogP) is 2.80. The topological polar surface area (TPSA) is 50.8 Å². The summed E-state index contributed by atoms with van der Waals surface area (Å²) in [5.74, 6) is 1.04. The highest BCUT2D eigenvalue weighted by atomic mass is 32.1. The first-order valence-electron chi connectivity index (χ1n) is 7.26. The van der Waals surface area contributed by atoms with Crippen LogP contribution < -0.4 is 14.8 Å². The second-order valence-corrected chi connectivity index (χ2v) is 6.29. The number of hydrogen-bond donors (Lipinski definition) is 1. The number of carbonyl (C=O) groups excluding carboxylic acids is 1. The van der Waals surface area contributed by atoms with E-state index in [2.05, 4.69) is 16.3 Å². The summed E-state index contributed by atoms with van der Waals surface area (Å²) in [6.45, 7) is 0.534. The molecule has 1 atom stereocenters. The van der Waals surface area contributed by atoms with Gasteiger partial charge >= 0.3 is 0 Å². The Morgan fingerprint density at radius 3 is 2.35 bits per heavy atom. The molecule has 5 nitrogen and oxygen atoms in total. The highest BCUT2D eigenvalue weighted by molar-refractivity contribution is 7.10. The number of nitrogens with one attached hydrogen (secondary N) is 1. The fourth-order valence-corrected chi connectivity index (χ4v) is 3.17. The van der Waals surface area contributed by atoms with Crippen LogP contribution in [0.25, 0.3) is 0 Å². The molecule has 0 fully saturated rings. The van der Waals surface area contributed by atoms with E-state index in [0.29, 0.717) is 23.6 Å². The van der Waals surface area contributed by atoms with Crippen LogP contribution in [0.1, 0.15) is 21.3 Å². The van der Waals surface area contributed by atoms with E-state index in [1.165, 1.54) is 4.88 Å². The van der Waals surface area contributed by atoms with Crippen LogP contribution in [0.5, 0.6) is 11.5 Å². The molecule has 0 aliphatic heterocycles. The van der Waals surface area contributed by atoms with E-state index in [4.69, 9.17) is 9.47 Å². The molecule has 1 amide bonds. The average Bonchev–Trinajstić information content (AvgIpc) is 3.08. The van der Waals surface area contributed by atoms with E-state index < -0.39 is 0 Å². The van der Waals surface area contributed by atoms with E-state index in [-0.39, 0.29) is 11.9 Å². The predicted molar refractivity (Wildman–Crippen MR) is 92.6 cm³/mol. The third kappa shape index (κ3) is 4.46. The number of benzene rings is 1. The number of hydrogen-bond acceptors (Lipinski definition) is 5. The van der Waals surface area contributed by atoms with Crippen molar-refractivity contribution in [2.45, 2.75) is 6.04 Å². The van der Waals surface area contributed by atoms with Crippen LogP contribution >= 0.6 is 11.3 Å². The Morgan fingerprint density at radius 1 is 1.22 bits per heavy atom. The van der Waals surface area contributed by atoms with Crippen molar-refractivity contribution in [1.29, 1.82) is 0 Å². The van der Waals surface area contributed by atoms with Gasteiger partial charge in [-0.15, -0.1) is 11.3 Å². The van der Waals surface area contributed by atoms with Gasteiger partial charge in [0.15, 0.2) is 0 Å². The Morgan fingerprint density at radius 2 is 1.87 bits per heavy atom.